The van der Waals surface area contributed by atoms with Crippen LogP contribution in [0.1, 0.15) is 81.1 Å². The third-order valence-electron chi connectivity index (χ3n) is 2.84. The third-order valence-corrected chi connectivity index (χ3v) is 2.84. The minimum Gasteiger partial charge on any atom is -0.0776 e. The molecule has 0 aromatic rings. The summed E-state index contributed by atoms with van der Waals surface area (Å²) in [5, 5.41) is 0. The largest absolute Gasteiger partial charge is 0.0776 e. The van der Waals surface area contributed by atoms with Crippen molar-refractivity contribution in [1.29, 1.82) is 0 Å². The average Bonchev–Trinajstić information content (AvgIpc) is 2.02. The summed E-state index contributed by atoms with van der Waals surface area (Å²) in [6.45, 7) is 9.33. The molecular weight excluding hydrogens is 156 g/mol. The van der Waals surface area contributed by atoms with E-state index in [4.69, 9.17) is 0 Å². The van der Waals surface area contributed by atoms with Crippen LogP contribution in [0.25, 0.3) is 0 Å². The van der Waals surface area contributed by atoms with Gasteiger partial charge in [-0.05, 0) is 18.3 Å². The number of hydrogen-bond donors (Lipinski definition) is 0. The van der Waals surface area contributed by atoms with Crippen molar-refractivity contribution in [3.8, 4) is 0 Å². The molecule has 0 aromatic carbocycles. The van der Waals surface area contributed by atoms with Gasteiger partial charge in [-0.1, -0.05) is 68.2 Å². The zero-order chi connectivity index (χ0) is 8.74. The van der Waals surface area contributed by atoms with Crippen LogP contribution in [0.4, 0.5) is 0 Å². The van der Waals surface area contributed by atoms with Crippen LogP contribution in [0.15, 0.2) is 0 Å². The zero-order valence-electron chi connectivity index (χ0n) is 8.74. The minimum absolute atomic E-state index is 0. The van der Waals surface area contributed by atoms with Gasteiger partial charge in [0.05, 0.1) is 0 Å². The van der Waals surface area contributed by atoms with Gasteiger partial charge in [0.2, 0.25) is 0 Å². The molecule has 0 saturated heterocycles. The number of rotatable bonds is 6. The fourth-order valence-corrected chi connectivity index (χ4v) is 1.69. The normalized spacial score (nSPS) is 13.8. The second-order valence-corrected chi connectivity index (χ2v) is 4.02. The summed E-state index contributed by atoms with van der Waals surface area (Å²) in [5.74, 6) is 0. The molecule has 0 rings (SSSR count). The molecule has 0 aromatic heterocycles. The summed E-state index contributed by atoms with van der Waals surface area (Å²) < 4.78 is 0. The molecule has 1 atom stereocenters. The predicted octanol–water partition coefficient (Wildman–Crippen LogP) is 5.67. The fraction of sp³-hybridized carbons (Fsp3) is 1.00. The van der Waals surface area contributed by atoms with Gasteiger partial charge in [-0.25, -0.2) is 0 Å². The highest BCUT2D eigenvalue weighted by atomic mass is 14.2. The molecule has 0 radical (unpaired) electrons. The van der Waals surface area contributed by atoms with Gasteiger partial charge < -0.3 is 0 Å². The maximum atomic E-state index is 2.44. The summed E-state index contributed by atoms with van der Waals surface area (Å²) in [6.07, 6.45) is 8.27. The van der Waals surface area contributed by atoms with Gasteiger partial charge in [0.15, 0.2) is 0 Å². The van der Waals surface area contributed by atoms with Gasteiger partial charge in [0.1, 0.15) is 0 Å². The van der Waals surface area contributed by atoms with Crippen LogP contribution in [0.2, 0.25) is 0 Å². The van der Waals surface area contributed by atoms with Crippen LogP contribution in [-0.4, -0.2) is 0 Å². The zero-order valence-corrected chi connectivity index (χ0v) is 8.74. The Balaban J connectivity index is -0.000000500. The van der Waals surface area contributed by atoms with Crippen molar-refractivity contribution in [3.05, 3.63) is 0 Å². The van der Waals surface area contributed by atoms with E-state index in [0.717, 1.165) is 0 Å². The van der Waals surface area contributed by atoms with E-state index in [2.05, 4.69) is 27.7 Å². The highest BCUT2D eigenvalue weighted by Gasteiger charge is 2.19. The third kappa shape index (κ3) is 8.33. The molecule has 0 aliphatic rings. The SMILES string of the molecule is C.C.CCCCC(C)(CC)CCC. The Labute approximate surface area is 87.1 Å². The Bertz CT molecular complexity index is 86.0. The molecule has 0 nitrogen and oxygen atoms in total. The second-order valence-electron chi connectivity index (χ2n) is 4.02. The van der Waals surface area contributed by atoms with Crippen molar-refractivity contribution in [2.24, 2.45) is 5.41 Å². The second kappa shape index (κ2) is 10.1. The smallest absolute Gasteiger partial charge is 0.0329 e. The Hall–Kier alpha value is 0. The van der Waals surface area contributed by atoms with Crippen molar-refractivity contribution in [2.75, 3.05) is 0 Å². The molecule has 0 fully saturated rings. The summed E-state index contributed by atoms with van der Waals surface area (Å²) >= 11 is 0. The van der Waals surface area contributed by atoms with E-state index in [0.29, 0.717) is 5.41 Å². The maximum absolute atomic E-state index is 2.44. The molecule has 0 spiro atoms. The first-order valence-corrected chi connectivity index (χ1v) is 5.18. The Morgan fingerprint density at radius 1 is 0.846 bits per heavy atom. The molecule has 0 bridgehead atoms. The Morgan fingerprint density at radius 2 is 1.38 bits per heavy atom. The lowest BCUT2D eigenvalue weighted by molar-refractivity contribution is 0.250. The Kier molecular flexibility index (Phi) is 14.5. The minimum atomic E-state index is 0. The van der Waals surface area contributed by atoms with E-state index in [9.17, 15) is 0 Å². The van der Waals surface area contributed by atoms with Crippen LogP contribution in [0.3, 0.4) is 0 Å². The molecule has 0 aliphatic carbocycles. The molecule has 0 heteroatoms. The highest BCUT2D eigenvalue weighted by molar-refractivity contribution is 4.71. The highest BCUT2D eigenvalue weighted by Crippen LogP contribution is 2.32. The van der Waals surface area contributed by atoms with Crippen LogP contribution < -0.4 is 0 Å². The van der Waals surface area contributed by atoms with E-state index in [-0.39, 0.29) is 14.9 Å². The summed E-state index contributed by atoms with van der Waals surface area (Å²) in [7, 11) is 0. The molecule has 1 unspecified atom stereocenters. The van der Waals surface area contributed by atoms with Gasteiger partial charge in [0.25, 0.3) is 0 Å². The lowest BCUT2D eigenvalue weighted by Gasteiger charge is -2.27. The van der Waals surface area contributed by atoms with Crippen molar-refractivity contribution < 1.29 is 0 Å². The summed E-state index contributed by atoms with van der Waals surface area (Å²) in [4.78, 5) is 0. The first-order valence-electron chi connectivity index (χ1n) is 5.18. The van der Waals surface area contributed by atoms with Crippen molar-refractivity contribution in [3.63, 3.8) is 0 Å². The van der Waals surface area contributed by atoms with Crippen molar-refractivity contribution >= 4 is 0 Å². The van der Waals surface area contributed by atoms with E-state index < -0.39 is 0 Å². The van der Waals surface area contributed by atoms with E-state index in [1.807, 2.05) is 0 Å². The van der Waals surface area contributed by atoms with E-state index in [1.165, 1.54) is 38.5 Å². The van der Waals surface area contributed by atoms with Gasteiger partial charge in [-0.3, -0.25) is 0 Å². The van der Waals surface area contributed by atoms with E-state index >= 15 is 0 Å². The molecule has 0 saturated carbocycles. The quantitative estimate of drug-likeness (QED) is 0.504. The predicted molar refractivity (Wildman–Crippen MR) is 66.3 cm³/mol. The molecule has 0 amide bonds. The number of unbranched alkanes of at least 4 members (excludes halogenated alkanes) is 1. The topological polar surface area (TPSA) is 0 Å². The van der Waals surface area contributed by atoms with Gasteiger partial charge in [-0.2, -0.15) is 0 Å². The van der Waals surface area contributed by atoms with Gasteiger partial charge in [-0.15, -0.1) is 0 Å². The average molecular weight is 188 g/mol. The first kappa shape index (κ1) is 18.7. The Morgan fingerprint density at radius 3 is 1.69 bits per heavy atom. The van der Waals surface area contributed by atoms with Crippen LogP contribution >= 0.6 is 0 Å². The molecule has 0 heterocycles. The molecule has 0 N–H and O–H groups in total. The number of hydrogen-bond acceptors (Lipinski definition) is 0. The summed E-state index contributed by atoms with van der Waals surface area (Å²) in [5.41, 5.74) is 0.644. The molecule has 0 aliphatic heterocycles. The fourth-order valence-electron chi connectivity index (χ4n) is 1.69. The van der Waals surface area contributed by atoms with Crippen LogP contribution in [0.5, 0.6) is 0 Å². The van der Waals surface area contributed by atoms with E-state index in [1.54, 1.807) is 0 Å². The first-order chi connectivity index (χ1) is 5.18. The molecule has 84 valence electrons. The van der Waals surface area contributed by atoms with Gasteiger partial charge >= 0.3 is 0 Å². The maximum Gasteiger partial charge on any atom is -0.0329 e. The molecular formula is C13H32. The van der Waals surface area contributed by atoms with Crippen LogP contribution in [0, 0.1) is 5.41 Å². The monoisotopic (exact) mass is 188 g/mol. The van der Waals surface area contributed by atoms with Crippen molar-refractivity contribution in [1.82, 2.24) is 0 Å². The summed E-state index contributed by atoms with van der Waals surface area (Å²) in [6, 6.07) is 0. The lowest BCUT2D eigenvalue weighted by Crippen LogP contribution is -2.14. The molecule has 13 heavy (non-hydrogen) atoms. The lowest BCUT2D eigenvalue weighted by atomic mass is 9.79. The standard InChI is InChI=1S/C11H24.2CH4/c1-5-8-10-11(4,7-3)9-6-2;;/h5-10H2,1-4H3;2*1H4. The van der Waals surface area contributed by atoms with Gasteiger partial charge in [0, 0.05) is 0 Å². The van der Waals surface area contributed by atoms with Crippen molar-refractivity contribution in [2.45, 2.75) is 81.1 Å². The van der Waals surface area contributed by atoms with Crippen LogP contribution in [-0.2, 0) is 0 Å².